The van der Waals surface area contributed by atoms with Crippen molar-refractivity contribution >= 4 is 33.2 Å². The van der Waals surface area contributed by atoms with Gasteiger partial charge in [-0.3, -0.25) is 4.79 Å². The van der Waals surface area contributed by atoms with Crippen LogP contribution >= 0.6 is 27.3 Å². The number of nitrogens with one attached hydrogen (secondary N) is 2. The number of likely N-dealkylation sites (tertiary alicyclic amines) is 1. The molecule has 0 bridgehead atoms. The normalized spacial score (nSPS) is 16.6. The van der Waals surface area contributed by atoms with Crippen molar-refractivity contribution < 1.29 is 9.69 Å². The summed E-state index contributed by atoms with van der Waals surface area (Å²) in [7, 11) is 0. The molecule has 1 atom stereocenters. The molecule has 1 aromatic carbocycles. The second kappa shape index (κ2) is 7.40. The molecule has 1 aromatic heterocycles. The fourth-order valence-corrected chi connectivity index (χ4v) is 4.40. The minimum Gasteiger partial charge on any atom is -0.346 e. The van der Waals surface area contributed by atoms with E-state index in [9.17, 15) is 4.79 Å². The van der Waals surface area contributed by atoms with Gasteiger partial charge in [0.05, 0.1) is 30.1 Å². The molecule has 116 valence electrons. The third-order valence-corrected chi connectivity index (χ3v) is 5.89. The highest BCUT2D eigenvalue weighted by Crippen LogP contribution is 2.18. The predicted octanol–water partition coefficient (Wildman–Crippen LogP) is 2.66. The van der Waals surface area contributed by atoms with Gasteiger partial charge in [-0.15, -0.1) is 11.3 Å². The van der Waals surface area contributed by atoms with Crippen LogP contribution in [-0.4, -0.2) is 25.5 Å². The molecular formula is C17H20BrN2OS+. The number of carbonyl (C=O) groups is 1. The summed E-state index contributed by atoms with van der Waals surface area (Å²) in [6.07, 6.45) is 2.57. The van der Waals surface area contributed by atoms with Crippen LogP contribution in [0.15, 0.2) is 46.3 Å². The van der Waals surface area contributed by atoms with Gasteiger partial charge in [-0.2, -0.15) is 0 Å². The van der Waals surface area contributed by atoms with Crippen LogP contribution in [0.2, 0.25) is 0 Å². The van der Waals surface area contributed by atoms with Crippen LogP contribution < -0.4 is 10.2 Å². The highest BCUT2D eigenvalue weighted by Gasteiger charge is 2.28. The largest absolute Gasteiger partial charge is 0.346 e. The number of thiophene rings is 1. The molecule has 0 aliphatic carbocycles. The second-order valence-electron chi connectivity index (χ2n) is 5.62. The van der Waals surface area contributed by atoms with Crippen molar-refractivity contribution in [1.82, 2.24) is 5.32 Å². The zero-order valence-corrected chi connectivity index (χ0v) is 14.8. The van der Waals surface area contributed by atoms with Crippen LogP contribution in [0.25, 0.3) is 0 Å². The van der Waals surface area contributed by atoms with Crippen molar-refractivity contribution in [2.75, 3.05) is 19.6 Å². The summed E-state index contributed by atoms with van der Waals surface area (Å²) in [5, 5.41) is 5.24. The molecule has 1 aliphatic heterocycles. The summed E-state index contributed by atoms with van der Waals surface area (Å²) >= 11 is 5.23. The average Bonchev–Trinajstić information content (AvgIpc) is 3.21. The Morgan fingerprint density at radius 2 is 2.00 bits per heavy atom. The Labute approximate surface area is 143 Å². The lowest BCUT2D eigenvalue weighted by Gasteiger charge is -2.24. The Morgan fingerprint density at radius 1 is 1.23 bits per heavy atom. The molecule has 22 heavy (non-hydrogen) atoms. The number of benzene rings is 1. The second-order valence-corrected chi connectivity index (χ2v) is 7.46. The van der Waals surface area contributed by atoms with Gasteiger partial charge < -0.3 is 10.2 Å². The van der Waals surface area contributed by atoms with Crippen LogP contribution in [0.3, 0.4) is 0 Å². The number of quaternary nitrogens is 1. The first-order chi connectivity index (χ1) is 10.8. The zero-order valence-electron chi connectivity index (χ0n) is 12.3. The third-order valence-electron chi connectivity index (χ3n) is 4.21. The van der Waals surface area contributed by atoms with Crippen LogP contribution in [0.5, 0.6) is 0 Å². The maximum Gasteiger partial charge on any atom is 0.252 e. The van der Waals surface area contributed by atoms with Gasteiger partial charge in [0.1, 0.15) is 6.04 Å². The number of amides is 1. The van der Waals surface area contributed by atoms with E-state index >= 15 is 0 Å². The average molecular weight is 380 g/mol. The Bertz CT molecular complexity index is 623. The van der Waals surface area contributed by atoms with E-state index in [2.05, 4.69) is 38.8 Å². The molecule has 0 spiro atoms. The summed E-state index contributed by atoms with van der Waals surface area (Å²) < 4.78 is 0.841. The predicted molar refractivity (Wildman–Crippen MR) is 93.5 cm³/mol. The van der Waals surface area contributed by atoms with E-state index in [-0.39, 0.29) is 5.91 Å². The summed E-state index contributed by atoms with van der Waals surface area (Å²) in [5.74, 6) is -0.00683. The Balaban J connectivity index is 1.69. The van der Waals surface area contributed by atoms with Gasteiger partial charge in [0.2, 0.25) is 0 Å². The topological polar surface area (TPSA) is 33.5 Å². The molecule has 5 heteroatoms. The molecule has 1 aliphatic rings. The fourth-order valence-electron chi connectivity index (χ4n) is 3.05. The van der Waals surface area contributed by atoms with E-state index in [1.807, 2.05) is 24.3 Å². The van der Waals surface area contributed by atoms with Gasteiger partial charge in [0.15, 0.2) is 0 Å². The first-order valence-electron chi connectivity index (χ1n) is 7.66. The van der Waals surface area contributed by atoms with Crippen molar-refractivity contribution in [3.63, 3.8) is 0 Å². The molecule has 3 nitrogen and oxygen atoms in total. The lowest BCUT2D eigenvalue weighted by Crippen LogP contribution is -3.11. The van der Waals surface area contributed by atoms with Gasteiger partial charge >= 0.3 is 0 Å². The quantitative estimate of drug-likeness (QED) is 0.822. The minimum absolute atomic E-state index is 0.00683. The van der Waals surface area contributed by atoms with Gasteiger partial charge in [-0.1, -0.05) is 18.2 Å². The van der Waals surface area contributed by atoms with Crippen molar-refractivity contribution in [1.29, 1.82) is 0 Å². The molecule has 2 aromatic rings. The van der Waals surface area contributed by atoms with E-state index in [1.165, 1.54) is 30.8 Å². The van der Waals surface area contributed by atoms with Crippen LogP contribution in [-0.2, 0) is 0 Å². The molecule has 3 rings (SSSR count). The number of hydrogen-bond acceptors (Lipinski definition) is 2. The van der Waals surface area contributed by atoms with Gasteiger partial charge in [-0.05, 0) is 39.5 Å². The van der Waals surface area contributed by atoms with Crippen molar-refractivity contribution in [3.05, 3.63) is 56.7 Å². The zero-order chi connectivity index (χ0) is 15.4. The molecular weight excluding hydrogens is 360 g/mol. The van der Waals surface area contributed by atoms with Gasteiger partial charge in [0.25, 0.3) is 5.91 Å². The highest BCUT2D eigenvalue weighted by molar-refractivity contribution is 9.10. The maximum atomic E-state index is 12.4. The smallest absolute Gasteiger partial charge is 0.252 e. The Kier molecular flexibility index (Phi) is 5.28. The number of halogens is 1. The van der Waals surface area contributed by atoms with Crippen LogP contribution in [0.1, 0.15) is 34.1 Å². The molecule has 0 radical (unpaired) electrons. The summed E-state index contributed by atoms with van der Waals surface area (Å²) in [4.78, 5) is 15.4. The lowest BCUT2D eigenvalue weighted by molar-refractivity contribution is -0.918. The van der Waals surface area contributed by atoms with E-state index < -0.39 is 0 Å². The van der Waals surface area contributed by atoms with Crippen LogP contribution in [0, 0.1) is 0 Å². The Morgan fingerprint density at radius 3 is 2.68 bits per heavy atom. The minimum atomic E-state index is -0.00683. The maximum absolute atomic E-state index is 12.4. The summed E-state index contributed by atoms with van der Waals surface area (Å²) in [6, 6.07) is 12.2. The third kappa shape index (κ3) is 3.59. The number of rotatable bonds is 5. The van der Waals surface area contributed by atoms with E-state index in [4.69, 9.17) is 0 Å². The first-order valence-corrected chi connectivity index (χ1v) is 9.33. The standard InChI is InChI=1S/C17H19BrN2OS/c18-14-7-2-1-6-13(14)17(21)19-12-15(16-8-5-11-22-16)20-9-3-4-10-20/h1-2,5-8,11,15H,3-4,9-10,12H2,(H,19,21)/p+1/t15-/m0/s1. The van der Waals surface area contributed by atoms with Gasteiger partial charge in [0, 0.05) is 17.3 Å². The van der Waals surface area contributed by atoms with Crippen molar-refractivity contribution in [2.24, 2.45) is 0 Å². The van der Waals surface area contributed by atoms with Crippen LogP contribution in [0.4, 0.5) is 0 Å². The lowest BCUT2D eigenvalue weighted by atomic mass is 10.2. The monoisotopic (exact) mass is 379 g/mol. The molecule has 1 amide bonds. The first kappa shape index (κ1) is 15.7. The van der Waals surface area contributed by atoms with Crippen molar-refractivity contribution in [2.45, 2.75) is 18.9 Å². The molecule has 2 N–H and O–H groups in total. The number of hydrogen-bond donors (Lipinski definition) is 2. The molecule has 0 unspecified atom stereocenters. The molecule has 1 saturated heterocycles. The molecule has 1 fully saturated rings. The van der Waals surface area contributed by atoms with E-state index in [1.54, 1.807) is 16.2 Å². The Hall–Kier alpha value is -1.17. The highest BCUT2D eigenvalue weighted by atomic mass is 79.9. The summed E-state index contributed by atoms with van der Waals surface area (Å²) in [6.45, 7) is 3.09. The number of carbonyl (C=O) groups excluding carboxylic acids is 1. The molecule has 2 heterocycles. The SMILES string of the molecule is O=C(NC[C@@H](c1cccs1)[NH+]1CCCC1)c1ccccc1Br. The van der Waals surface area contributed by atoms with E-state index in [0.29, 0.717) is 18.2 Å². The molecule has 0 saturated carbocycles. The van der Waals surface area contributed by atoms with Crippen molar-refractivity contribution in [3.8, 4) is 0 Å². The summed E-state index contributed by atoms with van der Waals surface area (Å²) in [5.41, 5.74) is 0.698. The van der Waals surface area contributed by atoms with E-state index in [0.717, 1.165) is 4.47 Å². The van der Waals surface area contributed by atoms with Gasteiger partial charge in [-0.25, -0.2) is 0 Å². The fraction of sp³-hybridized carbons (Fsp3) is 0.353.